The maximum atomic E-state index is 11.9. The molecule has 0 aliphatic heterocycles. The number of unbranched alkanes of at least 4 members (excludes halogenated alkanes) is 20. The summed E-state index contributed by atoms with van der Waals surface area (Å²) in [4.78, 5) is 23.8. The van der Waals surface area contributed by atoms with Gasteiger partial charge in [-0.15, -0.1) is 0 Å². The molecule has 256 valence electrons. The van der Waals surface area contributed by atoms with Crippen molar-refractivity contribution in [3.63, 3.8) is 0 Å². The first-order valence-electron chi connectivity index (χ1n) is 18.8. The average molecular weight is 611 g/mol. The second-order valence-corrected chi connectivity index (χ2v) is 13.8. The molecule has 0 bridgehead atoms. The molecule has 1 N–H and O–H groups in total. The van der Waals surface area contributed by atoms with Gasteiger partial charge in [0, 0.05) is 12.8 Å². The lowest BCUT2D eigenvalue weighted by atomic mass is 9.99. The van der Waals surface area contributed by atoms with Gasteiger partial charge in [-0.05, 0) is 24.7 Å². The molecule has 0 spiro atoms. The number of aliphatic hydroxyl groups excluding tert-OH is 1. The van der Waals surface area contributed by atoms with Crippen molar-refractivity contribution in [3.05, 3.63) is 0 Å². The number of carbonyl (C=O) groups is 2. The third-order valence-corrected chi connectivity index (χ3v) is 8.81. The molecule has 0 radical (unpaired) electrons. The number of rotatable bonds is 33. The molecule has 0 aromatic rings. The third-order valence-electron chi connectivity index (χ3n) is 8.81. The van der Waals surface area contributed by atoms with Crippen LogP contribution in [-0.4, -0.2) is 36.4 Å². The monoisotopic (exact) mass is 611 g/mol. The van der Waals surface area contributed by atoms with Crippen molar-refractivity contribution < 1.29 is 24.2 Å². The molecule has 5 heteroatoms. The van der Waals surface area contributed by atoms with Crippen LogP contribution in [0.4, 0.5) is 0 Å². The number of hydrogen-bond donors (Lipinski definition) is 1. The van der Waals surface area contributed by atoms with Crippen molar-refractivity contribution in [2.45, 2.75) is 207 Å². The minimum Gasteiger partial charge on any atom is -0.463 e. The lowest BCUT2D eigenvalue weighted by Gasteiger charge is -2.12. The number of aliphatic hydroxyl groups is 1. The first-order chi connectivity index (χ1) is 20.8. The van der Waals surface area contributed by atoms with E-state index >= 15 is 0 Å². The van der Waals surface area contributed by atoms with E-state index in [-0.39, 0.29) is 25.2 Å². The van der Waals surface area contributed by atoms with Gasteiger partial charge in [-0.25, -0.2) is 0 Å². The Bertz CT molecular complexity index is 605. The molecule has 0 fully saturated rings. The topological polar surface area (TPSA) is 72.8 Å². The lowest BCUT2D eigenvalue weighted by Crippen LogP contribution is -2.25. The zero-order valence-corrected chi connectivity index (χ0v) is 29.3. The molecule has 0 rings (SSSR count). The Labute approximate surface area is 268 Å². The van der Waals surface area contributed by atoms with Crippen LogP contribution in [0.1, 0.15) is 201 Å². The second kappa shape index (κ2) is 32.3. The van der Waals surface area contributed by atoms with E-state index in [0.29, 0.717) is 12.8 Å². The summed E-state index contributed by atoms with van der Waals surface area (Å²) in [6, 6.07) is 0. The smallest absolute Gasteiger partial charge is 0.305 e. The van der Waals surface area contributed by atoms with Gasteiger partial charge < -0.3 is 14.6 Å². The van der Waals surface area contributed by atoms with Gasteiger partial charge in [0.15, 0.2) is 0 Å². The van der Waals surface area contributed by atoms with Crippen molar-refractivity contribution in [2.24, 2.45) is 11.8 Å². The van der Waals surface area contributed by atoms with E-state index in [4.69, 9.17) is 9.47 Å². The first kappa shape index (κ1) is 41.9. The van der Waals surface area contributed by atoms with Gasteiger partial charge in [-0.2, -0.15) is 0 Å². The van der Waals surface area contributed by atoms with Crippen molar-refractivity contribution in [3.8, 4) is 0 Å². The van der Waals surface area contributed by atoms with Crippen LogP contribution in [0.25, 0.3) is 0 Å². The van der Waals surface area contributed by atoms with E-state index in [1.165, 1.54) is 128 Å². The summed E-state index contributed by atoms with van der Waals surface area (Å²) in [5, 5.41) is 9.98. The number of hydrogen-bond acceptors (Lipinski definition) is 5. The van der Waals surface area contributed by atoms with Crippen LogP contribution in [0.15, 0.2) is 0 Å². The highest BCUT2D eigenvalue weighted by Gasteiger charge is 2.12. The summed E-state index contributed by atoms with van der Waals surface area (Å²) in [7, 11) is 0. The predicted molar refractivity (Wildman–Crippen MR) is 182 cm³/mol. The average Bonchev–Trinajstić information content (AvgIpc) is 2.99. The van der Waals surface area contributed by atoms with Crippen molar-refractivity contribution >= 4 is 11.9 Å². The van der Waals surface area contributed by atoms with Crippen LogP contribution in [0.2, 0.25) is 0 Å². The second-order valence-electron chi connectivity index (χ2n) is 13.8. The van der Waals surface area contributed by atoms with Gasteiger partial charge in [-0.3, -0.25) is 9.59 Å². The van der Waals surface area contributed by atoms with E-state index in [0.717, 1.165) is 43.9 Å². The molecule has 1 unspecified atom stereocenters. The van der Waals surface area contributed by atoms with Crippen LogP contribution in [0, 0.1) is 11.8 Å². The Morgan fingerprint density at radius 3 is 1.12 bits per heavy atom. The Kier molecular flexibility index (Phi) is 31.5. The highest BCUT2D eigenvalue weighted by molar-refractivity contribution is 5.69. The van der Waals surface area contributed by atoms with Gasteiger partial charge in [0.05, 0.1) is 0 Å². The molecular formula is C38H74O5. The van der Waals surface area contributed by atoms with Gasteiger partial charge in [-0.1, -0.05) is 175 Å². The number of esters is 2. The molecule has 0 heterocycles. The maximum absolute atomic E-state index is 11.9. The molecule has 43 heavy (non-hydrogen) atoms. The van der Waals surface area contributed by atoms with E-state index in [1.807, 2.05) is 0 Å². The molecule has 0 saturated heterocycles. The SMILES string of the molecule is CCC(C)CCCCCCCCCCCCCCCCC(=O)OC[C@@H](O)COC(=O)CCCCCCCCCCC(C)C. The van der Waals surface area contributed by atoms with Crippen molar-refractivity contribution in [1.29, 1.82) is 0 Å². The quantitative estimate of drug-likeness (QED) is 0.0591. The minimum atomic E-state index is -0.955. The van der Waals surface area contributed by atoms with E-state index < -0.39 is 6.10 Å². The molecule has 0 saturated carbocycles. The molecule has 0 aliphatic carbocycles. The summed E-state index contributed by atoms with van der Waals surface area (Å²) >= 11 is 0. The van der Waals surface area contributed by atoms with Crippen LogP contribution < -0.4 is 0 Å². The summed E-state index contributed by atoms with van der Waals surface area (Å²) < 4.78 is 10.3. The predicted octanol–water partition coefficient (Wildman–Crippen LogP) is 11.3. The van der Waals surface area contributed by atoms with Gasteiger partial charge in [0.2, 0.25) is 0 Å². The number of carbonyl (C=O) groups excluding carboxylic acids is 2. The van der Waals surface area contributed by atoms with Gasteiger partial charge >= 0.3 is 11.9 Å². The lowest BCUT2D eigenvalue weighted by molar-refractivity contribution is -0.152. The van der Waals surface area contributed by atoms with Crippen LogP contribution in [0.5, 0.6) is 0 Å². The van der Waals surface area contributed by atoms with Crippen LogP contribution in [-0.2, 0) is 19.1 Å². The Morgan fingerprint density at radius 2 is 0.791 bits per heavy atom. The third kappa shape index (κ3) is 33.6. The van der Waals surface area contributed by atoms with Crippen LogP contribution >= 0.6 is 0 Å². The van der Waals surface area contributed by atoms with Gasteiger partial charge in [0.1, 0.15) is 19.3 Å². The molecule has 0 aliphatic rings. The fourth-order valence-corrected chi connectivity index (χ4v) is 5.54. The summed E-state index contributed by atoms with van der Waals surface area (Å²) in [5.74, 6) is 1.15. The van der Waals surface area contributed by atoms with Gasteiger partial charge in [0.25, 0.3) is 0 Å². The van der Waals surface area contributed by atoms with E-state index in [1.54, 1.807) is 0 Å². The highest BCUT2D eigenvalue weighted by Crippen LogP contribution is 2.16. The molecular weight excluding hydrogens is 536 g/mol. The molecule has 5 nitrogen and oxygen atoms in total. The fraction of sp³-hybridized carbons (Fsp3) is 0.947. The summed E-state index contributed by atoms with van der Waals surface area (Å²) in [6.45, 7) is 9.01. The summed E-state index contributed by atoms with van der Waals surface area (Å²) in [5.41, 5.74) is 0. The zero-order chi connectivity index (χ0) is 31.8. The zero-order valence-electron chi connectivity index (χ0n) is 29.3. The Hall–Kier alpha value is -1.10. The normalized spacial score (nSPS) is 12.9. The summed E-state index contributed by atoms with van der Waals surface area (Å²) in [6.07, 6.45) is 31.5. The largest absolute Gasteiger partial charge is 0.463 e. The Morgan fingerprint density at radius 1 is 0.488 bits per heavy atom. The number of ether oxygens (including phenoxy) is 2. The molecule has 0 aromatic carbocycles. The van der Waals surface area contributed by atoms with Crippen molar-refractivity contribution in [2.75, 3.05) is 13.2 Å². The van der Waals surface area contributed by atoms with Crippen LogP contribution in [0.3, 0.4) is 0 Å². The molecule has 0 amide bonds. The van der Waals surface area contributed by atoms with Crippen molar-refractivity contribution in [1.82, 2.24) is 0 Å². The minimum absolute atomic E-state index is 0.110. The maximum Gasteiger partial charge on any atom is 0.305 e. The first-order valence-corrected chi connectivity index (χ1v) is 18.8. The van der Waals surface area contributed by atoms with E-state index in [9.17, 15) is 14.7 Å². The fourth-order valence-electron chi connectivity index (χ4n) is 5.54. The Balaban J connectivity index is 3.39. The standard InChI is InChI=1S/C38H74O5/c1-5-35(4)29-25-21-17-12-10-8-6-7-9-11-13-18-22-26-30-37(40)42-32-36(39)33-43-38(41)31-27-23-19-15-14-16-20-24-28-34(2)3/h34-36,39H,5-33H2,1-4H3/t35?,36-/m1/s1. The molecule has 2 atom stereocenters. The molecule has 0 aromatic heterocycles. The highest BCUT2D eigenvalue weighted by atomic mass is 16.6. The van der Waals surface area contributed by atoms with E-state index in [2.05, 4.69) is 27.7 Å².